The lowest BCUT2D eigenvalue weighted by atomic mass is 9.95. The van der Waals surface area contributed by atoms with Crippen LogP contribution in [0, 0.1) is 0 Å². The summed E-state index contributed by atoms with van der Waals surface area (Å²) in [6.07, 6.45) is 8.30. The first-order chi connectivity index (χ1) is 9.52. The number of aliphatic hydroxyl groups excluding tert-OH is 1. The van der Waals surface area contributed by atoms with Gasteiger partial charge in [0.05, 0.1) is 6.61 Å². The maximum atomic E-state index is 9.53. The molecule has 1 unspecified atom stereocenters. The molecule has 116 valence electrons. The van der Waals surface area contributed by atoms with Gasteiger partial charge in [-0.25, -0.2) is 4.98 Å². The van der Waals surface area contributed by atoms with E-state index in [4.69, 9.17) is 0 Å². The number of nitrogens with zero attached hydrogens (tertiary/aromatic N) is 2. The molecule has 1 heterocycles. The Bertz CT molecular complexity index is 376. The van der Waals surface area contributed by atoms with Crippen LogP contribution in [0.3, 0.4) is 0 Å². The molecule has 1 atom stereocenters. The van der Waals surface area contributed by atoms with Gasteiger partial charge in [0.25, 0.3) is 0 Å². The Morgan fingerprint density at radius 1 is 1.40 bits per heavy atom. The van der Waals surface area contributed by atoms with Crippen molar-refractivity contribution in [1.82, 2.24) is 14.9 Å². The van der Waals surface area contributed by atoms with Gasteiger partial charge in [-0.1, -0.05) is 20.8 Å². The Balaban J connectivity index is 2.35. The van der Waals surface area contributed by atoms with Gasteiger partial charge in [-0.3, -0.25) is 0 Å². The molecule has 0 aliphatic heterocycles. The molecule has 0 fully saturated rings. The number of nitrogens with one attached hydrogen (secondary N) is 1. The van der Waals surface area contributed by atoms with Crippen molar-refractivity contribution in [3.05, 3.63) is 18.2 Å². The maximum Gasteiger partial charge on any atom is 0.111 e. The van der Waals surface area contributed by atoms with Gasteiger partial charge in [-0.05, 0) is 39.2 Å². The third kappa shape index (κ3) is 5.25. The molecule has 1 rings (SSSR count). The van der Waals surface area contributed by atoms with Crippen LogP contribution in [0.2, 0.25) is 0 Å². The number of rotatable bonds is 10. The van der Waals surface area contributed by atoms with Crippen molar-refractivity contribution in [3.63, 3.8) is 0 Å². The molecule has 20 heavy (non-hydrogen) atoms. The smallest absolute Gasteiger partial charge is 0.111 e. The van der Waals surface area contributed by atoms with Gasteiger partial charge in [-0.15, -0.1) is 0 Å². The minimum atomic E-state index is -0.133. The zero-order valence-corrected chi connectivity index (χ0v) is 13.5. The van der Waals surface area contributed by atoms with E-state index in [1.165, 1.54) is 5.82 Å². The first kappa shape index (κ1) is 17.2. The second-order valence-electron chi connectivity index (χ2n) is 6.24. The van der Waals surface area contributed by atoms with Crippen LogP contribution < -0.4 is 5.32 Å². The molecule has 1 aromatic heterocycles. The number of hydrogen-bond donors (Lipinski definition) is 2. The van der Waals surface area contributed by atoms with Crippen molar-refractivity contribution in [3.8, 4) is 0 Å². The molecular weight excluding hydrogens is 250 g/mol. The molecule has 0 saturated heterocycles. The maximum absolute atomic E-state index is 9.53. The first-order valence-electron chi connectivity index (χ1n) is 7.89. The van der Waals surface area contributed by atoms with Gasteiger partial charge in [-0.2, -0.15) is 0 Å². The van der Waals surface area contributed by atoms with Gasteiger partial charge in [0.2, 0.25) is 0 Å². The van der Waals surface area contributed by atoms with Gasteiger partial charge >= 0.3 is 0 Å². The van der Waals surface area contributed by atoms with Crippen LogP contribution in [0.25, 0.3) is 0 Å². The zero-order valence-electron chi connectivity index (χ0n) is 13.5. The molecule has 4 nitrogen and oxygen atoms in total. The highest BCUT2D eigenvalue weighted by atomic mass is 16.3. The lowest BCUT2D eigenvalue weighted by Crippen LogP contribution is -2.46. The predicted molar refractivity (Wildman–Crippen MR) is 84.0 cm³/mol. The quantitative estimate of drug-likeness (QED) is 0.648. The largest absolute Gasteiger partial charge is 0.394 e. The lowest BCUT2D eigenvalue weighted by molar-refractivity contribution is 0.162. The molecule has 0 spiro atoms. The number of aliphatic hydroxyl groups is 1. The minimum Gasteiger partial charge on any atom is -0.394 e. The van der Waals surface area contributed by atoms with E-state index in [1.54, 1.807) is 0 Å². The van der Waals surface area contributed by atoms with E-state index < -0.39 is 0 Å². The number of aromatic nitrogens is 2. The third-order valence-electron chi connectivity index (χ3n) is 3.79. The highest BCUT2D eigenvalue weighted by Crippen LogP contribution is 2.16. The highest BCUT2D eigenvalue weighted by molar-refractivity contribution is 4.97. The third-order valence-corrected chi connectivity index (χ3v) is 3.79. The van der Waals surface area contributed by atoms with Crippen LogP contribution in [-0.2, 0) is 6.54 Å². The first-order valence-corrected chi connectivity index (χ1v) is 7.89. The van der Waals surface area contributed by atoms with Crippen LogP contribution in [0.15, 0.2) is 12.4 Å². The molecule has 4 heteroatoms. The molecule has 0 aliphatic rings. The van der Waals surface area contributed by atoms with Gasteiger partial charge < -0.3 is 15.0 Å². The summed E-state index contributed by atoms with van der Waals surface area (Å²) >= 11 is 0. The fourth-order valence-electron chi connectivity index (χ4n) is 2.46. The standard InChI is InChI=1S/C16H31N3O/c1-5-9-18-16(4,13-20)8-6-7-11-19-12-10-17-15(19)14(2)3/h10,12,14,18,20H,5-9,11,13H2,1-4H3. The van der Waals surface area contributed by atoms with Crippen LogP contribution in [0.5, 0.6) is 0 Å². The Kier molecular flexibility index (Phi) is 7.24. The summed E-state index contributed by atoms with van der Waals surface area (Å²) in [4.78, 5) is 4.41. The zero-order chi connectivity index (χ0) is 15.0. The normalized spacial score (nSPS) is 14.7. The molecule has 0 aromatic carbocycles. The van der Waals surface area contributed by atoms with Crippen molar-refractivity contribution < 1.29 is 5.11 Å². The van der Waals surface area contributed by atoms with Gasteiger partial charge in [0.1, 0.15) is 5.82 Å². The van der Waals surface area contributed by atoms with E-state index >= 15 is 0 Å². The average molecular weight is 281 g/mol. The van der Waals surface area contributed by atoms with Crippen molar-refractivity contribution in [2.24, 2.45) is 0 Å². The number of imidazole rings is 1. The van der Waals surface area contributed by atoms with Crippen LogP contribution >= 0.6 is 0 Å². The fourth-order valence-corrected chi connectivity index (χ4v) is 2.46. The van der Waals surface area contributed by atoms with E-state index in [1.807, 2.05) is 6.20 Å². The molecular formula is C16H31N3O. The van der Waals surface area contributed by atoms with E-state index in [0.29, 0.717) is 5.92 Å². The average Bonchev–Trinajstić information content (AvgIpc) is 2.90. The van der Waals surface area contributed by atoms with Gasteiger partial charge in [0, 0.05) is 30.4 Å². The van der Waals surface area contributed by atoms with E-state index in [9.17, 15) is 5.11 Å². The summed E-state index contributed by atoms with van der Waals surface area (Å²) in [5.41, 5.74) is -0.133. The summed E-state index contributed by atoms with van der Waals surface area (Å²) in [5.74, 6) is 1.64. The van der Waals surface area contributed by atoms with Crippen LogP contribution in [0.1, 0.15) is 65.1 Å². The predicted octanol–water partition coefficient (Wildman–Crippen LogP) is 2.93. The summed E-state index contributed by atoms with van der Waals surface area (Å²) < 4.78 is 2.25. The number of aryl methyl sites for hydroxylation is 1. The number of hydrogen-bond acceptors (Lipinski definition) is 3. The van der Waals surface area contributed by atoms with E-state index in [-0.39, 0.29) is 12.1 Å². The monoisotopic (exact) mass is 281 g/mol. The molecule has 1 aromatic rings. The Morgan fingerprint density at radius 3 is 2.75 bits per heavy atom. The Hall–Kier alpha value is -0.870. The highest BCUT2D eigenvalue weighted by Gasteiger charge is 2.21. The molecule has 0 saturated carbocycles. The Labute approximate surface area is 123 Å². The van der Waals surface area contributed by atoms with E-state index in [0.717, 1.165) is 38.8 Å². The SMILES string of the molecule is CCCNC(C)(CO)CCCCn1ccnc1C(C)C. The summed E-state index contributed by atoms with van der Waals surface area (Å²) in [6.45, 7) is 10.8. The summed E-state index contributed by atoms with van der Waals surface area (Å²) in [6, 6.07) is 0. The molecule has 0 bridgehead atoms. The fraction of sp³-hybridized carbons (Fsp3) is 0.812. The molecule has 0 aliphatic carbocycles. The second kappa shape index (κ2) is 8.42. The summed E-state index contributed by atoms with van der Waals surface area (Å²) in [7, 11) is 0. The van der Waals surface area contributed by atoms with E-state index in [2.05, 4.69) is 48.8 Å². The van der Waals surface area contributed by atoms with Crippen molar-refractivity contribution in [2.75, 3.05) is 13.2 Å². The van der Waals surface area contributed by atoms with Crippen LogP contribution in [0.4, 0.5) is 0 Å². The lowest BCUT2D eigenvalue weighted by Gasteiger charge is -2.29. The topological polar surface area (TPSA) is 50.1 Å². The van der Waals surface area contributed by atoms with Crippen molar-refractivity contribution in [1.29, 1.82) is 0 Å². The molecule has 0 radical (unpaired) electrons. The van der Waals surface area contributed by atoms with Crippen molar-refractivity contribution in [2.45, 2.75) is 71.4 Å². The van der Waals surface area contributed by atoms with Crippen molar-refractivity contribution >= 4 is 0 Å². The molecule has 0 amide bonds. The Morgan fingerprint density at radius 2 is 2.15 bits per heavy atom. The van der Waals surface area contributed by atoms with Gasteiger partial charge in [0.15, 0.2) is 0 Å². The molecule has 2 N–H and O–H groups in total. The second-order valence-corrected chi connectivity index (χ2v) is 6.24. The minimum absolute atomic E-state index is 0.133. The van der Waals surface area contributed by atoms with Crippen LogP contribution in [-0.4, -0.2) is 33.3 Å². The summed E-state index contributed by atoms with van der Waals surface area (Å²) in [5, 5.41) is 13.0. The number of unbranched alkanes of at least 4 members (excludes halogenated alkanes) is 1.